The summed E-state index contributed by atoms with van der Waals surface area (Å²) in [6.07, 6.45) is 0.529. The molecule has 0 unspecified atom stereocenters. The van der Waals surface area contributed by atoms with E-state index in [2.05, 4.69) is 0 Å². The molecule has 0 aromatic heterocycles. The van der Waals surface area contributed by atoms with Gasteiger partial charge in [0, 0.05) is 28.7 Å². The van der Waals surface area contributed by atoms with Gasteiger partial charge in [-0.3, -0.25) is 4.79 Å². The monoisotopic (exact) mass is 445 g/mol. The van der Waals surface area contributed by atoms with Crippen molar-refractivity contribution in [1.82, 2.24) is 4.90 Å². The molecule has 3 aromatic carbocycles. The maximum absolute atomic E-state index is 13.7. The van der Waals surface area contributed by atoms with Crippen LogP contribution in [0.25, 0.3) is 0 Å². The van der Waals surface area contributed by atoms with Gasteiger partial charge in [0.15, 0.2) is 11.5 Å². The van der Waals surface area contributed by atoms with Gasteiger partial charge in [0.1, 0.15) is 5.82 Å². The van der Waals surface area contributed by atoms with E-state index < -0.39 is 5.82 Å². The molecule has 0 fully saturated rings. The summed E-state index contributed by atoms with van der Waals surface area (Å²) in [7, 11) is 0. The van der Waals surface area contributed by atoms with E-state index in [0.29, 0.717) is 41.1 Å². The predicted octanol–water partition coefficient (Wildman–Crippen LogP) is 5.75. The average Bonchev–Trinajstić information content (AvgIpc) is 3.19. The van der Waals surface area contributed by atoms with Gasteiger partial charge in [-0.05, 0) is 60.0 Å². The zero-order chi connectivity index (χ0) is 21.1. The van der Waals surface area contributed by atoms with Crippen LogP contribution in [-0.2, 0) is 13.0 Å². The molecular weight excluding hydrogens is 428 g/mol. The highest BCUT2D eigenvalue weighted by Crippen LogP contribution is 2.33. The Bertz CT molecular complexity index is 1090. The summed E-state index contributed by atoms with van der Waals surface area (Å²) >= 11 is 12.3. The number of hydrogen-bond donors (Lipinski definition) is 0. The molecule has 0 atom stereocenters. The third kappa shape index (κ3) is 4.69. The van der Waals surface area contributed by atoms with Gasteiger partial charge in [-0.1, -0.05) is 41.4 Å². The highest BCUT2D eigenvalue weighted by Gasteiger charge is 2.20. The Labute approximate surface area is 183 Å². The predicted molar refractivity (Wildman–Crippen MR) is 114 cm³/mol. The van der Waals surface area contributed by atoms with Crippen LogP contribution in [0.4, 0.5) is 4.39 Å². The number of carbonyl (C=O) groups excluding carboxylic acids is 1. The van der Waals surface area contributed by atoms with Crippen LogP contribution in [0.2, 0.25) is 10.0 Å². The minimum Gasteiger partial charge on any atom is -0.454 e. The first-order chi connectivity index (χ1) is 14.5. The van der Waals surface area contributed by atoms with Crippen molar-refractivity contribution < 1.29 is 18.7 Å². The Morgan fingerprint density at radius 1 is 1.00 bits per heavy atom. The van der Waals surface area contributed by atoms with Crippen molar-refractivity contribution in [3.63, 3.8) is 0 Å². The molecule has 30 heavy (non-hydrogen) atoms. The summed E-state index contributed by atoms with van der Waals surface area (Å²) in [4.78, 5) is 14.8. The lowest BCUT2D eigenvalue weighted by atomic mass is 10.1. The Morgan fingerprint density at radius 3 is 2.63 bits per heavy atom. The lowest BCUT2D eigenvalue weighted by molar-refractivity contribution is 0.0744. The van der Waals surface area contributed by atoms with Crippen molar-refractivity contribution in [2.75, 3.05) is 13.3 Å². The Hall–Kier alpha value is -2.76. The smallest absolute Gasteiger partial charge is 0.254 e. The summed E-state index contributed by atoms with van der Waals surface area (Å²) in [5, 5.41) is 1.10. The standard InChI is InChI=1S/C23H18Cl2FNO3/c24-18-6-5-16(20(25)12-18)8-9-27(23(28)17-2-1-3-19(26)11-17)13-15-4-7-21-22(10-15)30-14-29-21/h1-7,10-12H,8-9,13-14H2. The van der Waals surface area contributed by atoms with E-state index in [1.54, 1.807) is 23.1 Å². The molecule has 7 heteroatoms. The SMILES string of the molecule is O=C(c1cccc(F)c1)N(CCc1ccc(Cl)cc1Cl)Cc1ccc2c(c1)OCO2. The second kappa shape index (κ2) is 8.94. The van der Waals surface area contributed by atoms with Gasteiger partial charge < -0.3 is 14.4 Å². The molecule has 3 aromatic rings. The van der Waals surface area contributed by atoms with Crippen molar-refractivity contribution in [1.29, 1.82) is 0 Å². The Morgan fingerprint density at radius 2 is 1.83 bits per heavy atom. The molecule has 0 radical (unpaired) electrons. The Kier molecular flexibility index (Phi) is 6.11. The fraction of sp³-hybridized carbons (Fsp3) is 0.174. The highest BCUT2D eigenvalue weighted by atomic mass is 35.5. The van der Waals surface area contributed by atoms with Crippen LogP contribution in [0.5, 0.6) is 11.5 Å². The van der Waals surface area contributed by atoms with Crippen molar-refractivity contribution in [3.05, 3.63) is 93.2 Å². The maximum atomic E-state index is 13.7. The maximum Gasteiger partial charge on any atom is 0.254 e. The molecule has 0 bridgehead atoms. The van der Waals surface area contributed by atoms with Crippen molar-refractivity contribution in [3.8, 4) is 11.5 Å². The molecular formula is C23H18Cl2FNO3. The van der Waals surface area contributed by atoms with Gasteiger partial charge >= 0.3 is 0 Å². The first-order valence-corrected chi connectivity index (χ1v) is 10.1. The van der Waals surface area contributed by atoms with Gasteiger partial charge in [-0.15, -0.1) is 0 Å². The fourth-order valence-corrected chi connectivity index (χ4v) is 3.80. The van der Waals surface area contributed by atoms with E-state index >= 15 is 0 Å². The normalized spacial score (nSPS) is 12.1. The second-order valence-electron chi connectivity index (χ2n) is 6.91. The number of amides is 1. The van der Waals surface area contributed by atoms with Gasteiger partial charge in [-0.25, -0.2) is 4.39 Å². The Balaban J connectivity index is 1.57. The molecule has 0 saturated heterocycles. The lowest BCUT2D eigenvalue weighted by Gasteiger charge is -2.23. The van der Waals surface area contributed by atoms with E-state index in [9.17, 15) is 9.18 Å². The topological polar surface area (TPSA) is 38.8 Å². The summed E-state index contributed by atoms with van der Waals surface area (Å²) < 4.78 is 24.5. The quantitative estimate of drug-likeness (QED) is 0.484. The van der Waals surface area contributed by atoms with Crippen molar-refractivity contribution in [2.24, 2.45) is 0 Å². The van der Waals surface area contributed by atoms with Crippen molar-refractivity contribution >= 4 is 29.1 Å². The number of halogens is 3. The zero-order valence-electron chi connectivity index (χ0n) is 15.9. The number of carbonyl (C=O) groups is 1. The van der Waals surface area contributed by atoms with Crippen LogP contribution in [0.15, 0.2) is 60.7 Å². The van der Waals surface area contributed by atoms with Crippen LogP contribution in [-0.4, -0.2) is 24.1 Å². The molecule has 1 aliphatic rings. The number of hydrogen-bond acceptors (Lipinski definition) is 3. The summed E-state index contributed by atoms with van der Waals surface area (Å²) in [6, 6.07) is 16.5. The van der Waals surface area contributed by atoms with Crippen LogP contribution >= 0.6 is 23.2 Å². The highest BCUT2D eigenvalue weighted by molar-refractivity contribution is 6.35. The number of fused-ring (bicyclic) bond motifs is 1. The van der Waals surface area contributed by atoms with Crippen LogP contribution < -0.4 is 9.47 Å². The molecule has 1 heterocycles. The second-order valence-corrected chi connectivity index (χ2v) is 7.75. The summed E-state index contributed by atoms with van der Waals surface area (Å²) in [6.45, 7) is 0.905. The van der Waals surface area contributed by atoms with E-state index in [4.69, 9.17) is 32.7 Å². The zero-order valence-corrected chi connectivity index (χ0v) is 17.4. The fourth-order valence-electron chi connectivity index (χ4n) is 3.30. The molecule has 4 rings (SSSR count). The van der Waals surface area contributed by atoms with Gasteiger partial charge in [0.05, 0.1) is 0 Å². The van der Waals surface area contributed by atoms with Crippen LogP contribution in [0.1, 0.15) is 21.5 Å². The van der Waals surface area contributed by atoms with Crippen LogP contribution in [0.3, 0.4) is 0 Å². The first-order valence-electron chi connectivity index (χ1n) is 9.37. The third-order valence-corrected chi connectivity index (χ3v) is 5.42. The molecule has 0 aliphatic carbocycles. The molecule has 0 saturated carbocycles. The number of rotatable bonds is 6. The lowest BCUT2D eigenvalue weighted by Crippen LogP contribution is -2.32. The molecule has 154 valence electrons. The van der Waals surface area contributed by atoms with Crippen LogP contribution in [0, 0.1) is 5.82 Å². The van der Waals surface area contributed by atoms with Crippen molar-refractivity contribution in [2.45, 2.75) is 13.0 Å². The third-order valence-electron chi connectivity index (χ3n) is 4.84. The summed E-state index contributed by atoms with van der Waals surface area (Å²) in [5.41, 5.74) is 2.05. The van der Waals surface area contributed by atoms with Gasteiger partial charge in [0.25, 0.3) is 5.91 Å². The molecule has 1 aliphatic heterocycles. The first kappa shape index (κ1) is 20.5. The van der Waals surface area contributed by atoms with Gasteiger partial charge in [0.2, 0.25) is 6.79 Å². The molecule has 4 nitrogen and oxygen atoms in total. The minimum atomic E-state index is -0.454. The van der Waals surface area contributed by atoms with E-state index in [0.717, 1.165) is 11.1 Å². The molecule has 0 N–H and O–H groups in total. The average molecular weight is 446 g/mol. The number of ether oxygens (including phenoxy) is 2. The van der Waals surface area contributed by atoms with E-state index in [1.807, 2.05) is 24.3 Å². The number of benzene rings is 3. The number of nitrogens with zero attached hydrogens (tertiary/aromatic N) is 1. The van der Waals surface area contributed by atoms with E-state index in [1.165, 1.54) is 18.2 Å². The minimum absolute atomic E-state index is 0.180. The molecule has 0 spiro atoms. The van der Waals surface area contributed by atoms with E-state index in [-0.39, 0.29) is 18.3 Å². The molecule has 1 amide bonds. The summed E-state index contributed by atoms with van der Waals surface area (Å²) in [5.74, 6) is 0.600. The largest absolute Gasteiger partial charge is 0.454 e. The van der Waals surface area contributed by atoms with Gasteiger partial charge in [-0.2, -0.15) is 0 Å².